The lowest BCUT2D eigenvalue weighted by Crippen LogP contribution is -2.64. The van der Waals surface area contributed by atoms with Crippen molar-refractivity contribution in [2.45, 2.75) is 326 Å². The molecule has 0 aromatic carbocycles. The van der Waals surface area contributed by atoms with Crippen LogP contribution in [0.4, 0.5) is 0 Å². The molecule has 0 aliphatic heterocycles. The quantitative estimate of drug-likeness (QED) is 0.0205. The van der Waals surface area contributed by atoms with E-state index in [1.165, 1.54) is 180 Å². The lowest BCUT2D eigenvalue weighted by atomic mass is 9.85. The van der Waals surface area contributed by atoms with Gasteiger partial charge >= 0.3 is 7.82 Å². The number of rotatable bonds is 48. The zero-order valence-corrected chi connectivity index (χ0v) is 43.7. The molecule has 0 radical (unpaired) electrons. The van der Waals surface area contributed by atoms with Crippen LogP contribution in [0.15, 0.2) is 0 Å². The minimum atomic E-state index is -5.12. The highest BCUT2D eigenvalue weighted by Crippen LogP contribution is 2.47. The van der Waals surface area contributed by atoms with E-state index in [0.29, 0.717) is 12.8 Å². The predicted octanol–water partition coefficient (Wildman–Crippen LogP) is 11.2. The number of aliphatic hydroxyl groups excluding tert-OH is 7. The molecule has 400 valence electrons. The molecule has 9 N–H and O–H groups in total. The molecule has 1 aliphatic rings. The number of carbonyl (C=O) groups excluding carboxylic acids is 1. The Morgan fingerprint density at radius 1 is 0.463 bits per heavy atom. The summed E-state index contributed by atoms with van der Waals surface area (Å²) in [6, 6.07) is -1.15. The summed E-state index contributed by atoms with van der Waals surface area (Å²) in [6.45, 7) is 3.84. The Morgan fingerprint density at radius 2 is 0.746 bits per heavy atom. The molecule has 0 aromatic rings. The fourth-order valence-corrected chi connectivity index (χ4v) is 10.4. The van der Waals surface area contributed by atoms with E-state index < -0.39 is 75.2 Å². The molecular formula is C53H106NO12P. The first-order chi connectivity index (χ1) is 32.3. The second-order valence-corrected chi connectivity index (χ2v) is 21.7. The Kier molecular flexibility index (Phi) is 41.2. The van der Waals surface area contributed by atoms with Crippen LogP contribution < -0.4 is 5.32 Å². The Balaban J connectivity index is 2.39. The Labute approximate surface area is 409 Å². The van der Waals surface area contributed by atoms with Gasteiger partial charge in [0, 0.05) is 0 Å². The van der Waals surface area contributed by atoms with Crippen LogP contribution in [0.5, 0.6) is 0 Å². The van der Waals surface area contributed by atoms with Gasteiger partial charge in [0.15, 0.2) is 0 Å². The van der Waals surface area contributed by atoms with Crippen molar-refractivity contribution in [1.29, 1.82) is 0 Å². The van der Waals surface area contributed by atoms with Gasteiger partial charge in [-0.2, -0.15) is 0 Å². The molecule has 1 fully saturated rings. The SMILES string of the molecule is CCCCCCCCCCCCCCCCCCCCCCC(O)CC(=O)NC(COP(=O)(O)OC1C(O)C(O)C(O)C(O)C1O)C(O)CCCCCCCCCCCCCCCCCCC. The molecular weight excluding hydrogens is 874 g/mol. The summed E-state index contributed by atoms with van der Waals surface area (Å²) >= 11 is 0. The maximum atomic E-state index is 13.1. The number of hydrogen-bond donors (Lipinski definition) is 9. The lowest BCUT2D eigenvalue weighted by Gasteiger charge is -2.41. The Morgan fingerprint density at radius 3 is 1.07 bits per heavy atom. The fourth-order valence-electron chi connectivity index (χ4n) is 9.43. The molecule has 67 heavy (non-hydrogen) atoms. The minimum absolute atomic E-state index is 0.215. The third-order valence-electron chi connectivity index (χ3n) is 14.0. The van der Waals surface area contributed by atoms with E-state index in [4.69, 9.17) is 9.05 Å². The van der Waals surface area contributed by atoms with E-state index in [-0.39, 0.29) is 12.8 Å². The summed E-state index contributed by atoms with van der Waals surface area (Å²) in [5.74, 6) is -0.553. The normalized spacial score (nSPS) is 22.1. The molecule has 0 saturated heterocycles. The summed E-state index contributed by atoms with van der Waals surface area (Å²) in [4.78, 5) is 23.6. The number of carbonyl (C=O) groups is 1. The number of hydrogen-bond acceptors (Lipinski definition) is 11. The van der Waals surface area contributed by atoms with Gasteiger partial charge in [0.05, 0.1) is 31.3 Å². The monoisotopic (exact) mass is 980 g/mol. The van der Waals surface area contributed by atoms with E-state index in [2.05, 4.69) is 19.2 Å². The van der Waals surface area contributed by atoms with E-state index in [1.54, 1.807) is 0 Å². The molecule has 8 unspecified atom stereocenters. The van der Waals surface area contributed by atoms with Gasteiger partial charge in [0.25, 0.3) is 0 Å². The summed E-state index contributed by atoms with van der Waals surface area (Å²) in [7, 11) is -5.12. The van der Waals surface area contributed by atoms with Crippen LogP contribution in [0.25, 0.3) is 0 Å². The largest absolute Gasteiger partial charge is 0.472 e. The van der Waals surface area contributed by atoms with E-state index in [1.807, 2.05) is 0 Å². The lowest BCUT2D eigenvalue weighted by molar-refractivity contribution is -0.220. The van der Waals surface area contributed by atoms with Crippen molar-refractivity contribution in [1.82, 2.24) is 5.32 Å². The molecule has 14 heteroatoms. The third kappa shape index (κ3) is 34.3. The molecule has 0 heterocycles. The number of phosphoric ester groups is 1. The molecule has 1 saturated carbocycles. The molecule has 1 rings (SSSR count). The van der Waals surface area contributed by atoms with Crippen molar-refractivity contribution in [3.63, 3.8) is 0 Å². The predicted molar refractivity (Wildman–Crippen MR) is 271 cm³/mol. The average molecular weight is 980 g/mol. The Hall–Kier alpha value is -0.700. The zero-order chi connectivity index (χ0) is 49.4. The van der Waals surface area contributed by atoms with Crippen molar-refractivity contribution < 1.29 is 59.0 Å². The van der Waals surface area contributed by atoms with Crippen LogP contribution in [-0.2, 0) is 18.4 Å². The minimum Gasteiger partial charge on any atom is -0.393 e. The van der Waals surface area contributed by atoms with Crippen LogP contribution >= 0.6 is 7.82 Å². The first kappa shape index (κ1) is 64.3. The maximum Gasteiger partial charge on any atom is 0.472 e. The zero-order valence-electron chi connectivity index (χ0n) is 42.8. The van der Waals surface area contributed by atoms with Crippen molar-refractivity contribution in [3.05, 3.63) is 0 Å². The van der Waals surface area contributed by atoms with Gasteiger partial charge in [0.1, 0.15) is 36.6 Å². The highest BCUT2D eigenvalue weighted by Gasteiger charge is 2.51. The molecule has 13 nitrogen and oxygen atoms in total. The molecule has 0 spiro atoms. The van der Waals surface area contributed by atoms with Gasteiger partial charge in [-0.25, -0.2) is 4.57 Å². The highest BCUT2D eigenvalue weighted by molar-refractivity contribution is 7.47. The number of nitrogens with one attached hydrogen (secondary N) is 1. The third-order valence-corrected chi connectivity index (χ3v) is 15.0. The van der Waals surface area contributed by atoms with E-state index >= 15 is 0 Å². The van der Waals surface area contributed by atoms with E-state index in [9.17, 15) is 50.0 Å². The second kappa shape index (κ2) is 42.9. The summed E-state index contributed by atoms with van der Waals surface area (Å²) in [5.41, 5.74) is 0. The van der Waals surface area contributed by atoms with Crippen molar-refractivity contribution >= 4 is 13.7 Å². The van der Waals surface area contributed by atoms with Gasteiger partial charge in [-0.3, -0.25) is 13.8 Å². The van der Waals surface area contributed by atoms with Gasteiger partial charge in [-0.15, -0.1) is 0 Å². The Bertz CT molecular complexity index is 1150. The van der Waals surface area contributed by atoms with Crippen molar-refractivity contribution in [2.24, 2.45) is 0 Å². The van der Waals surface area contributed by atoms with Gasteiger partial charge in [-0.05, 0) is 12.8 Å². The van der Waals surface area contributed by atoms with Crippen LogP contribution in [0.3, 0.4) is 0 Å². The van der Waals surface area contributed by atoms with E-state index in [0.717, 1.165) is 51.4 Å². The number of aliphatic hydroxyl groups is 7. The van der Waals surface area contributed by atoms with Gasteiger partial charge in [0.2, 0.25) is 5.91 Å². The van der Waals surface area contributed by atoms with Crippen molar-refractivity contribution in [2.75, 3.05) is 6.61 Å². The maximum absolute atomic E-state index is 13.1. The summed E-state index contributed by atoms with van der Waals surface area (Å²) in [5, 5.41) is 75.0. The highest BCUT2D eigenvalue weighted by atomic mass is 31.2. The standard InChI is InChI=1S/C53H106NO12P/c1-3-5-7-9-11-13-15-17-19-21-22-23-25-26-28-30-32-34-36-38-40-44(55)42-47(57)54-45(43-65-67(63,64)66-53-51(61)49(59)48(58)50(60)52(53)62)46(56)41-39-37-35-33-31-29-27-24-20-18-16-14-12-10-8-6-4-2/h44-46,48-53,55-56,58-62H,3-43H2,1-2H3,(H,54,57)(H,63,64). The number of phosphoric acid groups is 1. The van der Waals surface area contributed by atoms with Gasteiger partial charge < -0.3 is 46.0 Å². The molecule has 1 aliphatic carbocycles. The smallest absolute Gasteiger partial charge is 0.393 e. The van der Waals surface area contributed by atoms with Crippen LogP contribution in [0.2, 0.25) is 0 Å². The molecule has 0 aromatic heterocycles. The molecule has 0 bridgehead atoms. The summed E-state index contributed by atoms with van der Waals surface area (Å²) < 4.78 is 23.0. The van der Waals surface area contributed by atoms with Crippen LogP contribution in [0, 0.1) is 0 Å². The van der Waals surface area contributed by atoms with Crippen LogP contribution in [-0.4, -0.2) is 108 Å². The first-order valence-corrected chi connectivity index (χ1v) is 29.6. The van der Waals surface area contributed by atoms with Crippen molar-refractivity contribution in [3.8, 4) is 0 Å². The first-order valence-electron chi connectivity index (χ1n) is 28.1. The number of amides is 1. The average Bonchev–Trinajstić information content (AvgIpc) is 3.30. The van der Waals surface area contributed by atoms with Crippen LogP contribution in [0.1, 0.15) is 271 Å². The molecule has 1 amide bonds. The fraction of sp³-hybridized carbons (Fsp3) is 0.981. The number of unbranched alkanes of at least 4 members (excludes halogenated alkanes) is 35. The molecule has 8 atom stereocenters. The topological polar surface area (TPSA) is 226 Å². The summed E-state index contributed by atoms with van der Waals surface area (Å²) in [6.07, 6.45) is 32.8. The van der Waals surface area contributed by atoms with Gasteiger partial charge in [-0.1, -0.05) is 251 Å². The second-order valence-electron chi connectivity index (χ2n) is 20.3.